The maximum Gasteiger partial charge on any atom is 0.322 e. The average Bonchev–Trinajstić information content (AvgIpc) is 2.75. The number of rotatable bonds is 3. The van der Waals surface area contributed by atoms with E-state index in [1.54, 1.807) is 12.1 Å². The Kier molecular flexibility index (Phi) is 3.14. The van der Waals surface area contributed by atoms with Gasteiger partial charge in [0.05, 0.1) is 7.11 Å². The van der Waals surface area contributed by atoms with Crippen LogP contribution in [0.4, 0.5) is 6.01 Å². The molecule has 0 atom stereocenters. The third-order valence-corrected chi connectivity index (χ3v) is 1.99. The predicted octanol–water partition coefficient (Wildman–Crippen LogP) is 1.75. The summed E-state index contributed by atoms with van der Waals surface area (Å²) in [6.45, 7) is 6.01. The minimum Gasteiger partial charge on any atom is -0.480 e. The molecule has 0 spiro atoms. The third kappa shape index (κ3) is 2.93. The molecule has 0 aliphatic heterocycles. The topological polar surface area (TPSA) is 86.0 Å². The zero-order valence-corrected chi connectivity index (χ0v) is 10.8. The highest BCUT2D eigenvalue weighted by atomic mass is 16.5. The maximum absolute atomic E-state index is 5.08. The molecule has 0 fully saturated rings. The molecule has 0 amide bonds. The van der Waals surface area contributed by atoms with Gasteiger partial charge in [0.25, 0.3) is 0 Å². The van der Waals surface area contributed by atoms with E-state index in [1.165, 1.54) is 7.11 Å². The smallest absolute Gasteiger partial charge is 0.322 e. The van der Waals surface area contributed by atoms with Gasteiger partial charge in [-0.1, -0.05) is 5.16 Å². The molecule has 0 radical (unpaired) electrons. The van der Waals surface area contributed by atoms with Gasteiger partial charge in [-0.3, -0.25) is 0 Å². The lowest BCUT2D eigenvalue weighted by Gasteiger charge is -2.17. The van der Waals surface area contributed by atoms with E-state index in [-0.39, 0.29) is 5.54 Å². The molecular formula is C11H15N5O2. The van der Waals surface area contributed by atoms with Crippen LogP contribution in [0.1, 0.15) is 20.8 Å². The van der Waals surface area contributed by atoms with E-state index in [0.29, 0.717) is 23.4 Å². The summed E-state index contributed by atoms with van der Waals surface area (Å²) in [6, 6.07) is 3.77. The number of aromatic nitrogens is 4. The summed E-state index contributed by atoms with van der Waals surface area (Å²) < 4.78 is 10.0. The van der Waals surface area contributed by atoms with Gasteiger partial charge in [0.2, 0.25) is 11.7 Å². The van der Waals surface area contributed by atoms with Crippen molar-refractivity contribution >= 4 is 6.01 Å². The van der Waals surface area contributed by atoms with Crippen molar-refractivity contribution in [2.45, 2.75) is 26.3 Å². The van der Waals surface area contributed by atoms with Crippen molar-refractivity contribution in [3.63, 3.8) is 0 Å². The van der Waals surface area contributed by atoms with Crippen LogP contribution in [0.25, 0.3) is 11.5 Å². The first-order valence-corrected chi connectivity index (χ1v) is 5.48. The molecule has 0 aromatic carbocycles. The molecule has 18 heavy (non-hydrogen) atoms. The Bertz CT molecular complexity index is 515. The minimum atomic E-state index is -0.143. The molecule has 0 unspecified atom stereocenters. The molecule has 7 nitrogen and oxygen atoms in total. The molecule has 2 rings (SSSR count). The Balaban J connectivity index is 2.18. The number of hydrogen-bond donors (Lipinski definition) is 1. The summed E-state index contributed by atoms with van der Waals surface area (Å²) in [5.74, 6) is 0.826. The fourth-order valence-electron chi connectivity index (χ4n) is 1.25. The van der Waals surface area contributed by atoms with E-state index in [0.717, 1.165) is 0 Å². The van der Waals surface area contributed by atoms with Crippen LogP contribution in [0.5, 0.6) is 5.88 Å². The monoisotopic (exact) mass is 249 g/mol. The number of nitrogens with one attached hydrogen (secondary N) is 1. The van der Waals surface area contributed by atoms with Gasteiger partial charge < -0.3 is 14.6 Å². The molecule has 0 bridgehead atoms. The molecule has 7 heteroatoms. The first kappa shape index (κ1) is 12.3. The molecule has 2 aromatic rings. The summed E-state index contributed by atoms with van der Waals surface area (Å²) in [5, 5.41) is 14.7. The second-order valence-corrected chi connectivity index (χ2v) is 4.76. The number of nitrogens with zero attached hydrogens (tertiary/aromatic N) is 4. The summed E-state index contributed by atoms with van der Waals surface area (Å²) in [7, 11) is 1.53. The molecule has 1 N–H and O–H groups in total. The van der Waals surface area contributed by atoms with E-state index in [1.807, 2.05) is 20.8 Å². The quantitative estimate of drug-likeness (QED) is 0.886. The van der Waals surface area contributed by atoms with Crippen LogP contribution in [-0.2, 0) is 0 Å². The van der Waals surface area contributed by atoms with Crippen molar-refractivity contribution in [1.82, 2.24) is 20.3 Å². The van der Waals surface area contributed by atoms with E-state index in [4.69, 9.17) is 9.26 Å². The van der Waals surface area contributed by atoms with Crippen LogP contribution < -0.4 is 10.1 Å². The lowest BCUT2D eigenvalue weighted by atomic mass is 10.1. The lowest BCUT2D eigenvalue weighted by Crippen LogP contribution is -2.26. The first-order valence-electron chi connectivity index (χ1n) is 5.48. The minimum absolute atomic E-state index is 0.143. The van der Waals surface area contributed by atoms with E-state index >= 15 is 0 Å². The molecular weight excluding hydrogens is 234 g/mol. The van der Waals surface area contributed by atoms with Crippen LogP contribution in [0.3, 0.4) is 0 Å². The number of hydrogen-bond acceptors (Lipinski definition) is 7. The van der Waals surface area contributed by atoms with Gasteiger partial charge in [-0.15, -0.1) is 10.2 Å². The van der Waals surface area contributed by atoms with Gasteiger partial charge in [-0.05, 0) is 26.8 Å². The first-order chi connectivity index (χ1) is 8.48. The van der Waals surface area contributed by atoms with Crippen LogP contribution in [0.2, 0.25) is 0 Å². The standard InChI is InChI=1S/C11H15N5O2/c1-11(2,3)13-10-12-9(16-18-10)7-5-6-8(17-4)15-14-7/h5-6H,1-4H3,(H,12,13,16). The van der Waals surface area contributed by atoms with Crippen LogP contribution in [-0.4, -0.2) is 33.0 Å². The van der Waals surface area contributed by atoms with Gasteiger partial charge in [-0.25, -0.2) is 0 Å². The van der Waals surface area contributed by atoms with Crippen molar-refractivity contribution in [3.8, 4) is 17.4 Å². The molecule has 0 aliphatic carbocycles. The molecule has 0 aliphatic rings. The van der Waals surface area contributed by atoms with E-state index in [2.05, 4.69) is 25.7 Å². The number of methoxy groups -OCH3 is 1. The Hall–Kier alpha value is -2.18. The highest BCUT2D eigenvalue weighted by molar-refractivity contribution is 5.49. The van der Waals surface area contributed by atoms with Gasteiger partial charge in [-0.2, -0.15) is 4.98 Å². The zero-order valence-electron chi connectivity index (χ0n) is 10.8. The highest BCUT2D eigenvalue weighted by Crippen LogP contribution is 2.18. The van der Waals surface area contributed by atoms with Crippen molar-refractivity contribution in [1.29, 1.82) is 0 Å². The van der Waals surface area contributed by atoms with Crippen LogP contribution in [0, 0.1) is 0 Å². The van der Waals surface area contributed by atoms with Gasteiger partial charge in [0.15, 0.2) is 0 Å². The second kappa shape index (κ2) is 4.59. The summed E-state index contributed by atoms with van der Waals surface area (Å²) >= 11 is 0. The zero-order chi connectivity index (χ0) is 13.2. The second-order valence-electron chi connectivity index (χ2n) is 4.76. The van der Waals surface area contributed by atoms with Crippen molar-refractivity contribution in [3.05, 3.63) is 12.1 Å². The summed E-state index contributed by atoms with van der Waals surface area (Å²) in [5.41, 5.74) is 0.386. The molecule has 2 heterocycles. The number of anilines is 1. The SMILES string of the molecule is COc1ccc(-c2noc(NC(C)(C)C)n2)nn1. The van der Waals surface area contributed by atoms with Gasteiger partial charge in [0.1, 0.15) is 5.69 Å². The molecule has 2 aromatic heterocycles. The van der Waals surface area contributed by atoms with E-state index < -0.39 is 0 Å². The Morgan fingerprint density at radius 3 is 2.56 bits per heavy atom. The van der Waals surface area contributed by atoms with Gasteiger partial charge >= 0.3 is 6.01 Å². The van der Waals surface area contributed by atoms with Crippen molar-refractivity contribution < 1.29 is 9.26 Å². The largest absolute Gasteiger partial charge is 0.480 e. The fraction of sp³-hybridized carbons (Fsp3) is 0.455. The van der Waals surface area contributed by atoms with Gasteiger partial charge in [0, 0.05) is 11.6 Å². The van der Waals surface area contributed by atoms with Crippen LogP contribution in [0.15, 0.2) is 16.7 Å². The molecule has 96 valence electrons. The Morgan fingerprint density at radius 2 is 2.00 bits per heavy atom. The Morgan fingerprint density at radius 1 is 1.22 bits per heavy atom. The third-order valence-electron chi connectivity index (χ3n) is 1.99. The summed E-state index contributed by atoms with van der Waals surface area (Å²) in [6.07, 6.45) is 0. The van der Waals surface area contributed by atoms with Crippen molar-refractivity contribution in [2.24, 2.45) is 0 Å². The average molecular weight is 249 g/mol. The fourth-order valence-corrected chi connectivity index (χ4v) is 1.25. The molecule has 0 saturated heterocycles. The highest BCUT2D eigenvalue weighted by Gasteiger charge is 2.16. The summed E-state index contributed by atoms with van der Waals surface area (Å²) in [4.78, 5) is 4.19. The predicted molar refractivity (Wildman–Crippen MR) is 65.3 cm³/mol. The van der Waals surface area contributed by atoms with Crippen LogP contribution >= 0.6 is 0 Å². The maximum atomic E-state index is 5.08. The number of ether oxygens (including phenoxy) is 1. The lowest BCUT2D eigenvalue weighted by molar-refractivity contribution is 0.392. The molecule has 0 saturated carbocycles. The van der Waals surface area contributed by atoms with E-state index in [9.17, 15) is 0 Å². The normalized spacial score (nSPS) is 11.3. The Labute approximate surface area is 105 Å². The van der Waals surface area contributed by atoms with Crippen molar-refractivity contribution in [2.75, 3.05) is 12.4 Å².